The van der Waals surface area contributed by atoms with Gasteiger partial charge in [-0.05, 0) is 37.0 Å². The fourth-order valence-corrected chi connectivity index (χ4v) is 4.66. The van der Waals surface area contributed by atoms with E-state index in [-0.39, 0.29) is 16.8 Å². The Balaban J connectivity index is 1.77. The summed E-state index contributed by atoms with van der Waals surface area (Å²) in [6, 6.07) is 16.9. The van der Waals surface area contributed by atoms with Gasteiger partial charge in [0.1, 0.15) is 6.04 Å². The van der Waals surface area contributed by atoms with Crippen molar-refractivity contribution in [2.24, 2.45) is 0 Å². The molecule has 2 N–H and O–H groups in total. The molecule has 1 amide bonds. The van der Waals surface area contributed by atoms with Crippen molar-refractivity contribution < 1.29 is 13.2 Å². The molecule has 6 heteroatoms. The summed E-state index contributed by atoms with van der Waals surface area (Å²) < 4.78 is 28.1. The summed E-state index contributed by atoms with van der Waals surface area (Å²) >= 11 is 0. The maximum Gasteiger partial charge on any atom is 0.241 e. The molecule has 2 aromatic rings. The van der Waals surface area contributed by atoms with Crippen LogP contribution in [-0.4, -0.2) is 26.4 Å². The van der Waals surface area contributed by atoms with Crippen LogP contribution < -0.4 is 10.0 Å². The van der Waals surface area contributed by atoms with Gasteiger partial charge in [0.15, 0.2) is 0 Å². The number of hydrogen-bond acceptors (Lipinski definition) is 3. The summed E-state index contributed by atoms with van der Waals surface area (Å²) in [5, 5.41) is 3.05. The topological polar surface area (TPSA) is 75.3 Å². The molecule has 0 radical (unpaired) electrons. The van der Waals surface area contributed by atoms with Crippen molar-refractivity contribution in [3.8, 4) is 0 Å². The molecule has 1 saturated carbocycles. The number of rotatable bonds is 7. The molecule has 0 saturated heterocycles. The van der Waals surface area contributed by atoms with Gasteiger partial charge in [-0.25, -0.2) is 8.42 Å². The van der Waals surface area contributed by atoms with E-state index in [2.05, 4.69) is 10.0 Å². The quantitative estimate of drug-likeness (QED) is 0.768. The average molecular weight is 387 g/mol. The normalized spacial score (nSPS) is 16.6. The molecule has 0 aromatic heterocycles. The molecule has 0 spiro atoms. The number of sulfonamides is 1. The van der Waals surface area contributed by atoms with Gasteiger partial charge in [-0.2, -0.15) is 4.72 Å². The van der Waals surface area contributed by atoms with Crippen LogP contribution in [0.3, 0.4) is 0 Å². The van der Waals surface area contributed by atoms with Crippen molar-refractivity contribution >= 4 is 15.9 Å². The molecular weight excluding hydrogens is 360 g/mol. The summed E-state index contributed by atoms with van der Waals surface area (Å²) in [4.78, 5) is 13.0. The monoisotopic (exact) mass is 386 g/mol. The number of carbonyl (C=O) groups is 1. The SMILES string of the molecule is O=C(NC1CCCCC1)[C@@H](Cc1ccccc1)NS(=O)(=O)c1ccccc1. The number of benzene rings is 2. The Hall–Kier alpha value is -2.18. The largest absolute Gasteiger partial charge is 0.352 e. The van der Waals surface area contributed by atoms with Crippen LogP contribution >= 0.6 is 0 Å². The fraction of sp³-hybridized carbons (Fsp3) is 0.381. The van der Waals surface area contributed by atoms with Crippen LogP contribution in [0.1, 0.15) is 37.7 Å². The zero-order chi connectivity index (χ0) is 19.1. The third kappa shape index (κ3) is 5.65. The molecule has 3 rings (SSSR count). The molecule has 1 atom stereocenters. The van der Waals surface area contributed by atoms with Crippen molar-refractivity contribution in [3.63, 3.8) is 0 Å². The maximum absolute atomic E-state index is 12.9. The predicted molar refractivity (Wildman–Crippen MR) is 106 cm³/mol. The van der Waals surface area contributed by atoms with Crippen LogP contribution in [0.4, 0.5) is 0 Å². The van der Waals surface area contributed by atoms with Crippen LogP contribution in [0.5, 0.6) is 0 Å². The second-order valence-electron chi connectivity index (χ2n) is 7.02. The van der Waals surface area contributed by atoms with E-state index < -0.39 is 16.1 Å². The highest BCUT2D eigenvalue weighted by Crippen LogP contribution is 2.18. The van der Waals surface area contributed by atoms with Gasteiger partial charge in [-0.3, -0.25) is 4.79 Å². The molecule has 5 nitrogen and oxygen atoms in total. The molecule has 0 aliphatic heterocycles. The highest BCUT2D eigenvalue weighted by Gasteiger charge is 2.28. The Kier molecular flexibility index (Phi) is 6.63. The number of hydrogen-bond donors (Lipinski definition) is 2. The van der Waals surface area contributed by atoms with Gasteiger partial charge in [0.25, 0.3) is 0 Å². The summed E-state index contributed by atoms with van der Waals surface area (Å²) in [5.74, 6) is -0.259. The fourth-order valence-electron chi connectivity index (χ4n) is 3.44. The molecule has 0 bridgehead atoms. The lowest BCUT2D eigenvalue weighted by atomic mass is 9.95. The lowest BCUT2D eigenvalue weighted by Gasteiger charge is -2.26. The molecule has 1 aliphatic rings. The van der Waals surface area contributed by atoms with E-state index in [1.807, 2.05) is 30.3 Å². The number of carbonyl (C=O) groups excluding carboxylic acids is 1. The van der Waals surface area contributed by atoms with E-state index in [0.29, 0.717) is 6.42 Å². The molecule has 0 heterocycles. The highest BCUT2D eigenvalue weighted by atomic mass is 32.2. The Bertz CT molecular complexity index is 832. The minimum absolute atomic E-state index is 0.130. The average Bonchev–Trinajstić information content (AvgIpc) is 2.69. The second kappa shape index (κ2) is 9.15. The molecule has 27 heavy (non-hydrogen) atoms. The Morgan fingerprint density at radius 2 is 1.52 bits per heavy atom. The van der Waals surface area contributed by atoms with Gasteiger partial charge < -0.3 is 5.32 Å². The molecule has 0 unspecified atom stereocenters. The van der Waals surface area contributed by atoms with Gasteiger partial charge in [0, 0.05) is 6.04 Å². The van der Waals surface area contributed by atoms with Crippen molar-refractivity contribution in [2.45, 2.75) is 55.5 Å². The van der Waals surface area contributed by atoms with E-state index in [0.717, 1.165) is 31.2 Å². The van der Waals surface area contributed by atoms with Crippen molar-refractivity contribution in [3.05, 3.63) is 66.2 Å². The summed E-state index contributed by atoms with van der Waals surface area (Å²) in [7, 11) is -3.78. The van der Waals surface area contributed by atoms with Gasteiger partial charge >= 0.3 is 0 Å². The minimum atomic E-state index is -3.78. The van der Waals surface area contributed by atoms with Crippen molar-refractivity contribution in [1.82, 2.24) is 10.0 Å². The first-order chi connectivity index (χ1) is 13.0. The van der Waals surface area contributed by atoms with Crippen LogP contribution in [-0.2, 0) is 21.2 Å². The van der Waals surface area contributed by atoms with Gasteiger partial charge in [-0.1, -0.05) is 67.8 Å². The lowest BCUT2D eigenvalue weighted by Crippen LogP contribution is -2.50. The third-order valence-electron chi connectivity index (χ3n) is 4.90. The van der Waals surface area contributed by atoms with Gasteiger partial charge in [-0.15, -0.1) is 0 Å². The van der Waals surface area contributed by atoms with Crippen LogP contribution in [0, 0.1) is 0 Å². The molecular formula is C21H26N2O3S. The van der Waals surface area contributed by atoms with Crippen LogP contribution in [0.15, 0.2) is 65.6 Å². The summed E-state index contributed by atoms with van der Waals surface area (Å²) in [6.45, 7) is 0. The van der Waals surface area contributed by atoms with Crippen LogP contribution in [0.2, 0.25) is 0 Å². The Morgan fingerprint density at radius 1 is 0.926 bits per heavy atom. The zero-order valence-electron chi connectivity index (χ0n) is 15.3. The van der Waals surface area contributed by atoms with Crippen molar-refractivity contribution in [1.29, 1.82) is 0 Å². The standard InChI is InChI=1S/C21H26N2O3S/c24-21(22-18-12-6-2-7-13-18)20(16-17-10-4-1-5-11-17)23-27(25,26)19-14-8-3-9-15-19/h1,3-5,8-11,14-15,18,20,23H,2,6-7,12-13,16H2,(H,22,24)/t20-/m1/s1. The Morgan fingerprint density at radius 3 is 2.15 bits per heavy atom. The lowest BCUT2D eigenvalue weighted by molar-refractivity contribution is -0.123. The molecule has 1 aliphatic carbocycles. The Labute approximate surface area is 161 Å². The first kappa shape index (κ1) is 19.6. The van der Waals surface area contributed by atoms with Gasteiger partial charge in [0.2, 0.25) is 15.9 Å². The van der Waals surface area contributed by atoms with E-state index in [1.165, 1.54) is 18.6 Å². The molecule has 1 fully saturated rings. The highest BCUT2D eigenvalue weighted by molar-refractivity contribution is 7.89. The number of amides is 1. The summed E-state index contributed by atoms with van der Waals surface area (Å²) in [5.41, 5.74) is 0.914. The smallest absolute Gasteiger partial charge is 0.241 e. The van der Waals surface area contributed by atoms with Crippen LogP contribution in [0.25, 0.3) is 0 Å². The first-order valence-electron chi connectivity index (χ1n) is 9.46. The second-order valence-corrected chi connectivity index (χ2v) is 8.73. The molecule has 144 valence electrons. The third-order valence-corrected chi connectivity index (χ3v) is 6.39. The van der Waals surface area contributed by atoms with E-state index in [4.69, 9.17) is 0 Å². The van der Waals surface area contributed by atoms with E-state index >= 15 is 0 Å². The summed E-state index contributed by atoms with van der Waals surface area (Å²) in [6.07, 6.45) is 5.62. The van der Waals surface area contributed by atoms with E-state index in [9.17, 15) is 13.2 Å². The number of nitrogens with one attached hydrogen (secondary N) is 2. The minimum Gasteiger partial charge on any atom is -0.352 e. The first-order valence-corrected chi connectivity index (χ1v) is 10.9. The molecule has 2 aromatic carbocycles. The zero-order valence-corrected chi connectivity index (χ0v) is 16.1. The van der Waals surface area contributed by atoms with Gasteiger partial charge in [0.05, 0.1) is 4.90 Å². The maximum atomic E-state index is 12.9. The van der Waals surface area contributed by atoms with Crippen molar-refractivity contribution in [2.75, 3.05) is 0 Å². The van der Waals surface area contributed by atoms with E-state index in [1.54, 1.807) is 18.2 Å². The predicted octanol–water partition coefficient (Wildman–Crippen LogP) is 3.03.